The highest BCUT2D eigenvalue weighted by molar-refractivity contribution is 7.91. The van der Waals surface area contributed by atoms with Gasteiger partial charge in [-0.25, -0.2) is 8.42 Å². The highest BCUT2D eigenvalue weighted by Crippen LogP contribution is 2.31. The third-order valence-electron chi connectivity index (χ3n) is 6.04. The van der Waals surface area contributed by atoms with E-state index in [1.165, 1.54) is 39.5 Å². The number of hydrogen-bond donors (Lipinski definition) is 0. The van der Waals surface area contributed by atoms with E-state index in [2.05, 4.69) is 18.7 Å². The van der Waals surface area contributed by atoms with Gasteiger partial charge in [-0.2, -0.15) is 0 Å². The minimum Gasteiger partial charge on any atom is -0.494 e. The molecule has 0 aliphatic carbocycles. The molecule has 0 spiro atoms. The number of ketones is 1. The van der Waals surface area contributed by atoms with Crippen LogP contribution in [0.25, 0.3) is 5.52 Å². The van der Waals surface area contributed by atoms with Crippen LogP contribution in [0, 0.1) is 0 Å². The summed E-state index contributed by atoms with van der Waals surface area (Å²) in [6.07, 6.45) is 10.3. The van der Waals surface area contributed by atoms with Crippen LogP contribution in [-0.4, -0.2) is 49.7 Å². The summed E-state index contributed by atoms with van der Waals surface area (Å²) in [5.41, 5.74) is 1.54. The molecule has 0 fully saturated rings. The number of ether oxygens (including phenoxy) is 1. The largest absolute Gasteiger partial charge is 0.494 e. The maximum Gasteiger partial charge on any atom is 0.208 e. The number of carbonyl (C=O) groups excluding carboxylic acids is 1. The summed E-state index contributed by atoms with van der Waals surface area (Å²) in [5.74, 6) is 0.875. The molecule has 0 N–H and O–H groups in total. The van der Waals surface area contributed by atoms with Crippen molar-refractivity contribution in [3.8, 4) is 5.75 Å². The summed E-state index contributed by atoms with van der Waals surface area (Å²) in [6, 6.07) is 12.5. The first-order valence-electron chi connectivity index (χ1n) is 13.5. The molecule has 2 heterocycles. The maximum atomic E-state index is 13.4. The van der Waals surface area contributed by atoms with Crippen molar-refractivity contribution in [1.82, 2.24) is 9.30 Å². The van der Waals surface area contributed by atoms with Gasteiger partial charge in [-0.15, -0.1) is 12.4 Å². The normalized spacial score (nSPS) is 11.1. The second-order valence-corrected chi connectivity index (χ2v) is 11.4. The fourth-order valence-electron chi connectivity index (χ4n) is 4.12. The molecule has 0 unspecified atom stereocenters. The number of benzene rings is 1. The molecule has 0 amide bonds. The zero-order chi connectivity index (χ0) is 27.3. The quantitative estimate of drug-likeness (QED) is 0.197. The van der Waals surface area contributed by atoms with E-state index < -0.39 is 9.84 Å². The predicted octanol–water partition coefficient (Wildman–Crippen LogP) is 7.02. The first-order valence-corrected chi connectivity index (χ1v) is 15.0. The Hall–Kier alpha value is -2.35. The van der Waals surface area contributed by atoms with Gasteiger partial charge in [0.05, 0.1) is 17.0 Å². The average Bonchev–Trinajstić information content (AvgIpc) is 3.27. The van der Waals surface area contributed by atoms with E-state index in [0.717, 1.165) is 31.6 Å². The molecule has 0 aliphatic rings. The number of aryl methyl sites for hydroxylation is 1. The second kappa shape index (κ2) is 17.3. The van der Waals surface area contributed by atoms with Gasteiger partial charge >= 0.3 is 0 Å². The van der Waals surface area contributed by atoms with E-state index in [-0.39, 0.29) is 18.2 Å². The first-order chi connectivity index (χ1) is 17.7. The molecule has 0 atom stereocenters. The maximum absolute atomic E-state index is 13.4. The van der Waals surface area contributed by atoms with E-state index in [0.29, 0.717) is 34.1 Å². The number of hydrogen-bond acceptors (Lipinski definition) is 5. The van der Waals surface area contributed by atoms with Crippen molar-refractivity contribution in [2.75, 3.05) is 26.2 Å². The summed E-state index contributed by atoms with van der Waals surface area (Å²) >= 11 is 0. The van der Waals surface area contributed by atoms with Crippen LogP contribution >= 0.6 is 12.4 Å². The molecule has 2 aromatic heterocycles. The molecule has 3 aromatic rings. The number of halogens is 1. The summed E-state index contributed by atoms with van der Waals surface area (Å²) < 4.78 is 34.7. The molecule has 1 aromatic carbocycles. The number of rotatable bonds is 14. The highest BCUT2D eigenvalue weighted by atomic mass is 35.5. The van der Waals surface area contributed by atoms with Crippen molar-refractivity contribution in [2.45, 2.75) is 82.9 Å². The van der Waals surface area contributed by atoms with Crippen LogP contribution < -0.4 is 4.74 Å². The van der Waals surface area contributed by atoms with Gasteiger partial charge in [0.2, 0.25) is 9.84 Å². The molecule has 8 heteroatoms. The number of Topliss-reactive ketones (excluding diaryl/α,β-unsaturated/α-hetero) is 1. The molecule has 0 bridgehead atoms. The van der Waals surface area contributed by atoms with E-state index in [9.17, 15) is 13.2 Å². The summed E-state index contributed by atoms with van der Waals surface area (Å²) in [6.45, 7) is 13.5. The minimum atomic E-state index is -3.62. The zero-order valence-corrected chi connectivity index (χ0v) is 25.2. The second-order valence-electron chi connectivity index (χ2n) is 9.46. The van der Waals surface area contributed by atoms with E-state index >= 15 is 0 Å². The molecule has 0 aliphatic heterocycles. The number of fused-ring (bicyclic) bond motifs is 1. The van der Waals surface area contributed by atoms with E-state index in [1.54, 1.807) is 24.3 Å². The van der Waals surface area contributed by atoms with Crippen molar-refractivity contribution >= 4 is 33.5 Å². The van der Waals surface area contributed by atoms with Crippen molar-refractivity contribution in [3.63, 3.8) is 0 Å². The highest BCUT2D eigenvalue weighted by Gasteiger charge is 2.25. The van der Waals surface area contributed by atoms with Crippen LogP contribution in [0.2, 0.25) is 0 Å². The van der Waals surface area contributed by atoms with Gasteiger partial charge in [-0.3, -0.25) is 0 Å². The Morgan fingerprint density at radius 2 is 1.47 bits per heavy atom. The van der Waals surface area contributed by atoms with Crippen LogP contribution in [0.1, 0.15) is 72.3 Å². The molecular weight excluding hydrogens is 520 g/mol. The average molecular weight is 565 g/mol. The number of sulfone groups is 1. The Balaban J connectivity index is 0.00000135. The van der Waals surface area contributed by atoms with Crippen molar-refractivity contribution < 1.29 is 17.9 Å². The first kappa shape index (κ1) is 33.7. The zero-order valence-electron chi connectivity index (χ0n) is 23.6. The Kier molecular flexibility index (Phi) is 15.3. The molecule has 38 heavy (non-hydrogen) atoms. The van der Waals surface area contributed by atoms with Crippen molar-refractivity contribution in [1.29, 1.82) is 0 Å². The Morgan fingerprint density at radius 1 is 0.895 bits per heavy atom. The van der Waals surface area contributed by atoms with Crippen LogP contribution in [-0.2, 0) is 21.1 Å². The summed E-state index contributed by atoms with van der Waals surface area (Å²) in [4.78, 5) is 12.7. The lowest BCUT2D eigenvalue weighted by Gasteiger charge is -2.21. The fourth-order valence-corrected chi connectivity index (χ4v) is 5.85. The molecule has 0 saturated heterocycles. The topological polar surface area (TPSA) is 68.1 Å². The number of nitrogens with zero attached hydrogens (tertiary/aromatic N) is 2. The van der Waals surface area contributed by atoms with Gasteiger partial charge in [0.25, 0.3) is 0 Å². The molecule has 0 radical (unpaired) electrons. The minimum absolute atomic E-state index is 0. The Labute approximate surface area is 235 Å². The molecule has 0 saturated carbocycles. The molecule has 3 rings (SSSR count). The van der Waals surface area contributed by atoms with Crippen molar-refractivity contribution in [3.05, 3.63) is 60.4 Å². The smallest absolute Gasteiger partial charge is 0.208 e. The van der Waals surface area contributed by atoms with E-state index in [4.69, 9.17) is 4.74 Å². The van der Waals surface area contributed by atoms with Gasteiger partial charge in [0.1, 0.15) is 16.4 Å². The third kappa shape index (κ3) is 10.1. The number of unbranched alkanes of at least 4 members (excludes halogenated alkanes) is 2. The standard InChI is InChI=1S/C27H38N2O3S.C3H6O.ClH/c1-4-7-17-28(18-8-5-2)19-11-21-32-24-13-15-25(16-14-24)33(30,31)27-23(6-3)22-29-20-10-9-12-26(27)29;1-3(2)4;/h9-10,12-16,20,22H,4-8,11,17-19,21H2,1-3H3;1-2H3;1H. The fraction of sp³-hybridized carbons (Fsp3) is 0.500. The monoisotopic (exact) mass is 564 g/mol. The lowest BCUT2D eigenvalue weighted by atomic mass is 10.2. The van der Waals surface area contributed by atoms with Gasteiger partial charge in [0, 0.05) is 18.9 Å². The lowest BCUT2D eigenvalue weighted by molar-refractivity contribution is -0.115. The van der Waals surface area contributed by atoms with E-state index in [1.807, 2.05) is 41.9 Å². The lowest BCUT2D eigenvalue weighted by Crippen LogP contribution is -2.28. The predicted molar refractivity (Wildman–Crippen MR) is 159 cm³/mol. The summed E-state index contributed by atoms with van der Waals surface area (Å²) in [5, 5.41) is 0. The van der Waals surface area contributed by atoms with Crippen LogP contribution in [0.5, 0.6) is 5.75 Å². The van der Waals surface area contributed by atoms with Gasteiger partial charge < -0.3 is 18.8 Å². The van der Waals surface area contributed by atoms with Crippen LogP contribution in [0.4, 0.5) is 0 Å². The number of pyridine rings is 1. The van der Waals surface area contributed by atoms with Gasteiger partial charge in [0.15, 0.2) is 0 Å². The molecular formula is C30H45ClN2O4S. The van der Waals surface area contributed by atoms with Crippen molar-refractivity contribution in [2.24, 2.45) is 0 Å². The summed E-state index contributed by atoms with van der Waals surface area (Å²) in [7, 11) is -3.62. The molecule has 212 valence electrons. The third-order valence-corrected chi connectivity index (χ3v) is 7.94. The Bertz CT molecular complexity index is 1190. The van der Waals surface area contributed by atoms with Crippen LogP contribution in [0.3, 0.4) is 0 Å². The number of aromatic nitrogens is 1. The Morgan fingerprint density at radius 3 is 2.03 bits per heavy atom. The SMILES string of the molecule is CC(C)=O.CCCCN(CCCC)CCCOc1ccc(S(=O)(=O)c2c(CC)cn3ccccc23)cc1.Cl. The van der Waals surface area contributed by atoms with Gasteiger partial charge in [-0.1, -0.05) is 39.7 Å². The number of carbonyl (C=O) groups is 1. The van der Waals surface area contributed by atoms with Gasteiger partial charge in [-0.05, 0) is 94.6 Å². The molecule has 6 nitrogen and oxygen atoms in total. The van der Waals surface area contributed by atoms with Crippen LogP contribution in [0.15, 0.2) is 64.6 Å².